The predicted molar refractivity (Wildman–Crippen MR) is 11.1 cm³/mol. The van der Waals surface area contributed by atoms with Crippen LogP contribution in [0.25, 0.3) is 0 Å². The summed E-state index contributed by atoms with van der Waals surface area (Å²) in [6.45, 7) is 0. The first kappa shape index (κ1) is 123. The molecule has 0 aliphatic carbocycles. The minimum atomic E-state index is 0. The van der Waals surface area contributed by atoms with E-state index >= 15 is 0 Å². The molecular weight excluding hydrogens is 2240 g/mol. The van der Waals surface area contributed by atoms with Crippen molar-refractivity contribution in [3.63, 3.8) is 0 Å². The largest absolute Gasteiger partial charge is 0.153 e. The Morgan fingerprint density at radius 3 is 0.154 bits per heavy atom. The van der Waals surface area contributed by atoms with E-state index in [4.69, 9.17) is 0 Å². The van der Waals surface area contributed by atoms with Crippen molar-refractivity contribution in [3.8, 4) is 0 Å². The van der Waals surface area contributed by atoms with E-state index in [9.17, 15) is 0 Å². The van der Waals surface area contributed by atoms with Crippen molar-refractivity contribution < 1.29 is 253 Å². The summed E-state index contributed by atoms with van der Waals surface area (Å²) in [5, 5.41) is 0. The predicted octanol–water partition coefficient (Wildman–Crippen LogP) is 0.0281. The van der Waals surface area contributed by atoms with Gasteiger partial charge in [0.1, 0.15) is 0 Å². The van der Waals surface area contributed by atoms with Crippen LogP contribution in [0.3, 0.4) is 0 Å². The van der Waals surface area contributed by atoms with Crippen molar-refractivity contribution in [1.29, 1.82) is 0 Å². The van der Waals surface area contributed by atoms with Crippen LogP contribution in [-0.2, 0) is 253 Å². The summed E-state index contributed by atoms with van der Waals surface area (Å²) >= 11 is 0. The molecule has 0 nitrogen and oxygen atoms in total. The van der Waals surface area contributed by atoms with Gasteiger partial charge in [0.25, 0.3) is 0 Å². The zero-order valence-corrected chi connectivity index (χ0v) is 42.2. The van der Waals surface area contributed by atoms with Crippen molar-refractivity contribution in [2.24, 2.45) is 0 Å². The van der Waals surface area contributed by atoms with Crippen LogP contribution in [-0.4, -0.2) is 0 Å². The van der Waals surface area contributed by atoms with Gasteiger partial charge in [-0.2, -0.15) is 9.90 Å². The summed E-state index contributed by atoms with van der Waals surface area (Å²) < 4.78 is 0. The SMILES string of the molecule is P.[W].[W].[W].[W].[W].[W].[W].[W].[W].[W].[W].[W]. The second-order valence-corrected chi connectivity index (χ2v) is 0. The van der Waals surface area contributed by atoms with Gasteiger partial charge in [-0.15, -0.1) is 0 Å². The van der Waals surface area contributed by atoms with Crippen LogP contribution in [0, 0.1) is 0 Å². The summed E-state index contributed by atoms with van der Waals surface area (Å²) in [7, 11) is 0. The van der Waals surface area contributed by atoms with Gasteiger partial charge in [0.15, 0.2) is 0 Å². The minimum absolute atomic E-state index is 0. The smallest absolute Gasteiger partial charge is 0 e. The zero-order chi connectivity index (χ0) is 0. The Kier molecular flexibility index (Phi) is 1000. The standard InChI is InChI=1S/H3P.12W/h1H3;;;;;;;;;;;;. The molecule has 0 bridgehead atoms. The van der Waals surface area contributed by atoms with Crippen LogP contribution in [0.2, 0.25) is 0 Å². The van der Waals surface area contributed by atoms with Gasteiger partial charge in [-0.05, 0) is 0 Å². The second kappa shape index (κ2) is 106. The molecule has 80 valence electrons. The van der Waals surface area contributed by atoms with E-state index in [1.807, 2.05) is 0 Å². The molecule has 0 aliphatic rings. The fraction of sp³-hybridized carbons (Fsp3) is 0. The van der Waals surface area contributed by atoms with Crippen LogP contribution < -0.4 is 0 Å². The van der Waals surface area contributed by atoms with Crippen molar-refractivity contribution in [1.82, 2.24) is 0 Å². The first-order chi connectivity index (χ1) is 0. The molecule has 13 heteroatoms. The molecule has 0 radical (unpaired) electrons. The Bertz CT molecular complexity index is 5.09. The van der Waals surface area contributed by atoms with E-state index in [-0.39, 0.29) is 263 Å². The third kappa shape index (κ3) is 95.7. The van der Waals surface area contributed by atoms with Gasteiger partial charge in [-0.25, -0.2) is 0 Å². The van der Waals surface area contributed by atoms with Gasteiger partial charge in [-0.1, -0.05) is 0 Å². The third-order valence-corrected chi connectivity index (χ3v) is 0. The Hall–Kier alpha value is 8.69. The van der Waals surface area contributed by atoms with Gasteiger partial charge >= 0.3 is 0 Å². The third-order valence-electron chi connectivity index (χ3n) is 0. The Balaban J connectivity index is 0. The molecule has 0 N–H and O–H groups in total. The van der Waals surface area contributed by atoms with Gasteiger partial charge in [0.05, 0.1) is 0 Å². The van der Waals surface area contributed by atoms with E-state index in [1.165, 1.54) is 0 Å². The average Bonchev–Trinajstić information content (AvgIpc) is 0. The van der Waals surface area contributed by atoms with E-state index in [0.717, 1.165) is 0 Å². The fourth-order valence-corrected chi connectivity index (χ4v) is 0. The van der Waals surface area contributed by atoms with E-state index in [1.54, 1.807) is 0 Å². The summed E-state index contributed by atoms with van der Waals surface area (Å²) in [4.78, 5) is 0. The van der Waals surface area contributed by atoms with Gasteiger partial charge < -0.3 is 0 Å². The maximum absolute atomic E-state index is 0. The van der Waals surface area contributed by atoms with Crippen molar-refractivity contribution >= 4 is 9.90 Å². The van der Waals surface area contributed by atoms with Crippen LogP contribution >= 0.6 is 9.90 Å². The first-order valence-electron chi connectivity index (χ1n) is 0. The molecule has 0 aromatic carbocycles. The van der Waals surface area contributed by atoms with Crippen LogP contribution in [0.15, 0.2) is 0 Å². The molecule has 0 fully saturated rings. The molecular formula is H3PW12. The second-order valence-electron chi connectivity index (χ2n) is 0. The number of hydrogen-bond donors (Lipinski definition) is 0. The normalized spacial score (nSPS) is 0. The maximum Gasteiger partial charge on any atom is 0 e. The Morgan fingerprint density at radius 2 is 0.154 bits per heavy atom. The van der Waals surface area contributed by atoms with Gasteiger partial charge in [0, 0.05) is 253 Å². The van der Waals surface area contributed by atoms with Crippen molar-refractivity contribution in [3.05, 3.63) is 0 Å². The molecule has 0 rings (SSSR count). The molecule has 13 heavy (non-hydrogen) atoms. The molecule has 0 saturated carbocycles. The average molecular weight is 2240 g/mol. The zero-order valence-electron chi connectivity index (χ0n) is 5.61. The molecule has 0 aliphatic heterocycles. The van der Waals surface area contributed by atoms with Gasteiger partial charge in [-0.3, -0.25) is 0 Å². The summed E-state index contributed by atoms with van der Waals surface area (Å²) in [6, 6.07) is 0. The number of hydrogen-bond acceptors (Lipinski definition) is 0. The van der Waals surface area contributed by atoms with Gasteiger partial charge in [0.2, 0.25) is 0 Å². The summed E-state index contributed by atoms with van der Waals surface area (Å²) in [5.74, 6) is 0. The quantitative estimate of drug-likeness (QED) is 0.301. The monoisotopic (exact) mass is 2240 g/mol. The molecule has 0 aromatic heterocycles. The van der Waals surface area contributed by atoms with Crippen LogP contribution in [0.4, 0.5) is 0 Å². The van der Waals surface area contributed by atoms with Crippen LogP contribution in [0.5, 0.6) is 0 Å². The Morgan fingerprint density at radius 1 is 0.154 bits per heavy atom. The molecule has 0 aromatic rings. The van der Waals surface area contributed by atoms with E-state index < -0.39 is 0 Å². The molecule has 0 spiro atoms. The van der Waals surface area contributed by atoms with E-state index in [0.29, 0.717) is 0 Å². The Labute approximate surface area is 256 Å². The maximum atomic E-state index is 0. The van der Waals surface area contributed by atoms with Crippen LogP contribution in [0.1, 0.15) is 0 Å². The molecule has 0 saturated heterocycles. The summed E-state index contributed by atoms with van der Waals surface area (Å²) in [5.41, 5.74) is 0. The van der Waals surface area contributed by atoms with Crippen molar-refractivity contribution in [2.45, 2.75) is 0 Å². The fourth-order valence-electron chi connectivity index (χ4n) is 0. The first-order valence-corrected chi connectivity index (χ1v) is 0. The van der Waals surface area contributed by atoms with Crippen molar-refractivity contribution in [2.75, 3.05) is 0 Å². The molecule has 1 unspecified atom stereocenters. The number of rotatable bonds is 0. The molecule has 0 amide bonds. The van der Waals surface area contributed by atoms with E-state index in [2.05, 4.69) is 0 Å². The minimum Gasteiger partial charge on any atom is -0.153 e. The topological polar surface area (TPSA) is 0 Å². The summed E-state index contributed by atoms with van der Waals surface area (Å²) in [6.07, 6.45) is 0. The molecule has 1 atom stereocenters. The molecule has 0 heterocycles.